The van der Waals surface area contributed by atoms with E-state index < -0.39 is 20.0 Å². The van der Waals surface area contributed by atoms with Gasteiger partial charge in [-0.05, 0) is 49.6 Å². The van der Waals surface area contributed by atoms with Gasteiger partial charge in [0.15, 0.2) is 9.84 Å². The van der Waals surface area contributed by atoms with Crippen molar-refractivity contribution >= 4 is 20.0 Å². The summed E-state index contributed by atoms with van der Waals surface area (Å²) >= 11 is 0. The molecule has 0 saturated carbocycles. The number of rotatable bonds is 8. The van der Waals surface area contributed by atoms with Crippen LogP contribution in [0.1, 0.15) is 17.5 Å². The van der Waals surface area contributed by atoms with Crippen LogP contribution in [-0.4, -0.2) is 27.4 Å². The Morgan fingerprint density at radius 1 is 0.794 bits per heavy atom. The molecule has 3 rings (SSSR count). The highest BCUT2D eigenvalue weighted by Crippen LogP contribution is 2.11. The van der Waals surface area contributed by atoms with Crippen LogP contribution in [0.3, 0.4) is 0 Å². The molecule has 6 nitrogen and oxygen atoms in total. The van der Waals surface area contributed by atoms with Gasteiger partial charge in [-0.3, -0.25) is 4.55 Å². The highest BCUT2D eigenvalue weighted by atomic mass is 32.2. The molecule has 3 N–H and O–H groups in total. The Balaban J connectivity index is 0.000000310. The molecule has 0 aliphatic rings. The Bertz CT molecular complexity index is 1280. The number of nitrogens with two attached hydrogens (primary N) is 1. The lowest BCUT2D eigenvalue weighted by Crippen LogP contribution is -2.17. The first-order valence-corrected chi connectivity index (χ1v) is 13.6. The lowest BCUT2D eigenvalue weighted by Gasteiger charge is -2.05. The third-order valence-electron chi connectivity index (χ3n) is 4.73. The number of hydrogen-bond acceptors (Lipinski definition) is 5. The molecule has 0 aromatic heterocycles. The monoisotopic (exact) mass is 499 g/mol. The fraction of sp³-hybridized carbons (Fsp3) is 0.154. The second-order valence-electron chi connectivity index (χ2n) is 7.55. The lowest BCUT2D eigenvalue weighted by atomic mass is 10.1. The smallest absolute Gasteiger partial charge is 0.294 e. The Labute approximate surface area is 202 Å². The van der Waals surface area contributed by atoms with Crippen molar-refractivity contribution in [2.75, 3.05) is 0 Å². The van der Waals surface area contributed by atoms with Crippen molar-refractivity contribution in [2.24, 2.45) is 5.73 Å². The molecule has 0 saturated heterocycles. The molecular weight excluding hydrogens is 470 g/mol. The molecule has 8 heteroatoms. The standard InChI is InChI=1S/C19H21NO2S.C7H8O3S/c20-18(15-14-17-9-3-1-4-10-17)11-7-8-16-23(21,22)19-12-5-2-6-13-19;1-6-2-4-7(5-3-6)11(8,9)10/h1-13,16,18H,14-15,20H2;2-5H,1H3,(H,8,9,10)/b11-7+,16-8+;/t18-;/m1./s1. The van der Waals surface area contributed by atoms with Crippen LogP contribution in [-0.2, 0) is 26.4 Å². The van der Waals surface area contributed by atoms with E-state index in [2.05, 4.69) is 12.1 Å². The minimum atomic E-state index is -4.02. The van der Waals surface area contributed by atoms with E-state index in [-0.39, 0.29) is 15.8 Å². The summed E-state index contributed by atoms with van der Waals surface area (Å²) in [6.07, 6.45) is 6.75. The number of sulfone groups is 1. The zero-order valence-electron chi connectivity index (χ0n) is 18.9. The van der Waals surface area contributed by atoms with Crippen LogP contribution < -0.4 is 5.73 Å². The van der Waals surface area contributed by atoms with Crippen molar-refractivity contribution in [3.8, 4) is 0 Å². The first kappa shape index (κ1) is 27.2. The summed E-state index contributed by atoms with van der Waals surface area (Å²) in [6, 6.07) is 24.4. The molecule has 1 atom stereocenters. The quantitative estimate of drug-likeness (QED) is 0.342. The van der Waals surface area contributed by atoms with Crippen molar-refractivity contribution < 1.29 is 21.4 Å². The molecule has 0 radical (unpaired) electrons. The fourth-order valence-corrected chi connectivity index (χ4v) is 4.30. The largest absolute Gasteiger partial charge is 0.324 e. The van der Waals surface area contributed by atoms with Gasteiger partial charge in [0, 0.05) is 11.4 Å². The van der Waals surface area contributed by atoms with Crippen LogP contribution in [0.2, 0.25) is 0 Å². The molecule has 3 aromatic rings. The number of aryl methyl sites for hydroxylation is 2. The first-order valence-electron chi connectivity index (χ1n) is 10.6. The number of allylic oxidation sites excluding steroid dienone is 2. The van der Waals surface area contributed by atoms with Gasteiger partial charge in [0.05, 0.1) is 9.79 Å². The van der Waals surface area contributed by atoms with E-state index in [1.165, 1.54) is 29.2 Å². The van der Waals surface area contributed by atoms with Crippen molar-refractivity contribution in [2.45, 2.75) is 35.6 Å². The molecule has 34 heavy (non-hydrogen) atoms. The Morgan fingerprint density at radius 2 is 1.35 bits per heavy atom. The summed E-state index contributed by atoms with van der Waals surface area (Å²) in [7, 11) is -7.41. The molecule has 0 fully saturated rings. The summed E-state index contributed by atoms with van der Waals surface area (Å²) in [4.78, 5) is 0.223. The Morgan fingerprint density at radius 3 is 1.91 bits per heavy atom. The molecule has 0 aliphatic heterocycles. The van der Waals surface area contributed by atoms with Crippen LogP contribution in [0.4, 0.5) is 0 Å². The van der Waals surface area contributed by atoms with Crippen LogP contribution in [0.25, 0.3) is 0 Å². The van der Waals surface area contributed by atoms with Crippen molar-refractivity contribution in [3.63, 3.8) is 0 Å². The van der Waals surface area contributed by atoms with Crippen molar-refractivity contribution in [1.82, 2.24) is 0 Å². The van der Waals surface area contributed by atoms with Gasteiger partial charge in [-0.25, -0.2) is 8.42 Å². The zero-order valence-corrected chi connectivity index (χ0v) is 20.5. The van der Waals surface area contributed by atoms with Gasteiger partial charge in [-0.2, -0.15) is 8.42 Å². The van der Waals surface area contributed by atoms with Gasteiger partial charge in [0.2, 0.25) is 0 Å². The summed E-state index contributed by atoms with van der Waals surface area (Å²) in [5.41, 5.74) is 8.22. The molecule has 0 aliphatic carbocycles. The average molecular weight is 500 g/mol. The fourth-order valence-electron chi connectivity index (χ4n) is 2.83. The SMILES string of the molecule is Cc1ccc(S(=O)(=O)O)cc1.N[C@H](/C=C/C=C/S(=O)(=O)c1ccccc1)CCc1ccccc1. The first-order chi connectivity index (χ1) is 16.1. The number of benzene rings is 3. The zero-order chi connectivity index (χ0) is 25.0. The van der Waals surface area contributed by atoms with Gasteiger partial charge in [0.25, 0.3) is 10.1 Å². The molecule has 0 heterocycles. The number of hydrogen-bond donors (Lipinski definition) is 2. The summed E-state index contributed by atoms with van der Waals surface area (Å²) < 4.78 is 53.6. The molecule has 0 amide bonds. The van der Waals surface area contributed by atoms with Crippen LogP contribution in [0.5, 0.6) is 0 Å². The van der Waals surface area contributed by atoms with Gasteiger partial charge >= 0.3 is 0 Å². The maximum atomic E-state index is 12.0. The van der Waals surface area contributed by atoms with E-state index in [0.29, 0.717) is 0 Å². The maximum Gasteiger partial charge on any atom is 0.294 e. The van der Waals surface area contributed by atoms with Gasteiger partial charge in [0.1, 0.15) is 0 Å². The second-order valence-corrected chi connectivity index (χ2v) is 10.8. The second kappa shape index (κ2) is 13.0. The van der Waals surface area contributed by atoms with Gasteiger partial charge in [-0.15, -0.1) is 0 Å². The van der Waals surface area contributed by atoms with Crippen LogP contribution in [0, 0.1) is 6.92 Å². The lowest BCUT2D eigenvalue weighted by molar-refractivity contribution is 0.483. The van der Waals surface area contributed by atoms with E-state index in [4.69, 9.17) is 10.3 Å². The van der Waals surface area contributed by atoms with E-state index in [0.717, 1.165) is 18.4 Å². The molecule has 0 bridgehead atoms. The van der Waals surface area contributed by atoms with E-state index in [1.807, 2.05) is 31.2 Å². The van der Waals surface area contributed by atoms with Crippen molar-refractivity contribution in [3.05, 3.63) is 120 Å². The van der Waals surface area contributed by atoms with Gasteiger partial charge in [-0.1, -0.05) is 84.5 Å². The average Bonchev–Trinajstić information content (AvgIpc) is 2.82. The topological polar surface area (TPSA) is 115 Å². The van der Waals surface area contributed by atoms with Crippen LogP contribution in [0.15, 0.2) is 118 Å². The van der Waals surface area contributed by atoms with E-state index in [1.54, 1.807) is 48.5 Å². The van der Waals surface area contributed by atoms with E-state index >= 15 is 0 Å². The summed E-state index contributed by atoms with van der Waals surface area (Å²) in [6.45, 7) is 1.84. The van der Waals surface area contributed by atoms with E-state index in [9.17, 15) is 16.8 Å². The predicted octanol–water partition coefficient (Wildman–Crippen LogP) is 4.73. The van der Waals surface area contributed by atoms with Crippen LogP contribution >= 0.6 is 0 Å². The highest BCUT2D eigenvalue weighted by molar-refractivity contribution is 7.94. The Hall–Kier alpha value is -3.04. The minimum absolute atomic E-state index is 0.0666. The normalized spacial score (nSPS) is 12.9. The highest BCUT2D eigenvalue weighted by Gasteiger charge is 2.08. The predicted molar refractivity (Wildman–Crippen MR) is 136 cm³/mol. The minimum Gasteiger partial charge on any atom is -0.324 e. The summed E-state index contributed by atoms with van der Waals surface area (Å²) in [5, 5.41) is 1.20. The maximum absolute atomic E-state index is 12.0. The molecule has 3 aromatic carbocycles. The molecule has 180 valence electrons. The van der Waals surface area contributed by atoms with Gasteiger partial charge < -0.3 is 5.73 Å². The summed E-state index contributed by atoms with van der Waals surface area (Å²) in [5.74, 6) is 0. The molecular formula is C26H29NO5S2. The third-order valence-corrected chi connectivity index (χ3v) is 7.04. The third kappa shape index (κ3) is 9.84. The Kier molecular flexibility index (Phi) is 10.4. The molecule has 0 spiro atoms. The molecule has 0 unspecified atom stereocenters. The van der Waals surface area contributed by atoms with Crippen molar-refractivity contribution in [1.29, 1.82) is 0 Å².